The Morgan fingerprint density at radius 2 is 2.24 bits per heavy atom. The number of nitrogen functional groups attached to an aromatic ring is 1. The predicted octanol–water partition coefficient (Wildman–Crippen LogP) is -0.695. The molecule has 1 saturated heterocycles. The van der Waals surface area contributed by atoms with E-state index in [0.717, 1.165) is 11.3 Å². The van der Waals surface area contributed by atoms with E-state index in [0.29, 0.717) is 11.3 Å². The van der Waals surface area contributed by atoms with Crippen LogP contribution in [0.3, 0.4) is 0 Å². The molecule has 2 amide bonds. The second kappa shape index (κ2) is 9.75. The number of rotatable bonds is 7. The van der Waals surface area contributed by atoms with Crippen molar-refractivity contribution in [2.45, 2.75) is 11.4 Å². The molecule has 3 heterocycles. The van der Waals surface area contributed by atoms with Crippen molar-refractivity contribution < 1.29 is 31.9 Å². The molecule has 0 radical (unpaired) electrons. The van der Waals surface area contributed by atoms with E-state index in [1.165, 1.54) is 30.9 Å². The first-order valence-electron chi connectivity index (χ1n) is 7.91. The Labute approximate surface area is 192 Å². The summed E-state index contributed by atoms with van der Waals surface area (Å²) in [5.41, 5.74) is 6.09. The topological polar surface area (TPSA) is 156 Å². The zero-order chi connectivity index (χ0) is 20.4. The number of carboxylic acids is 1. The van der Waals surface area contributed by atoms with Gasteiger partial charge in [-0.3, -0.25) is 14.5 Å². The number of thiazole rings is 1. The van der Waals surface area contributed by atoms with Crippen molar-refractivity contribution in [1.29, 1.82) is 0 Å². The van der Waals surface area contributed by atoms with Crippen molar-refractivity contribution in [1.82, 2.24) is 15.2 Å². The van der Waals surface area contributed by atoms with Crippen LogP contribution in [0.4, 0.5) is 5.13 Å². The van der Waals surface area contributed by atoms with Gasteiger partial charge in [0.15, 0.2) is 10.8 Å². The number of hydrogen-bond acceptors (Lipinski definition) is 10. The number of β-lactam (4-membered cyclic amide) rings is 1. The van der Waals surface area contributed by atoms with E-state index in [1.807, 2.05) is 0 Å². The first-order valence-corrected chi connectivity index (χ1v) is 9.84. The first kappa shape index (κ1) is 23.4. The third kappa shape index (κ3) is 4.50. The summed E-state index contributed by atoms with van der Waals surface area (Å²) in [6.07, 6.45) is 0. The average Bonchev–Trinajstić information content (AvgIpc) is 3.09. The third-order valence-electron chi connectivity index (χ3n) is 4.02. The van der Waals surface area contributed by atoms with E-state index in [4.69, 9.17) is 15.3 Å². The van der Waals surface area contributed by atoms with Gasteiger partial charge in [-0.15, -0.1) is 23.1 Å². The standard InChI is InChI=1S/C15H17N5O6S2.Mg.2H/c1-25-3-6-4-27-13-9(12(22)20(13)10(6)14(23)24)18-11(21)8(19-26-2)7-5-28-15(16)17-7;;;/h5,9,13H,3-4H2,1-2H3,(H2,16,17)(H,18,21)(H,23,24);;;/q;+2;2*-1/b19-8+;;;/t9-,13-;;;/m1.../s1. The number of carboxylic acid groups (broad SMARTS) is 1. The van der Waals surface area contributed by atoms with E-state index in [9.17, 15) is 19.5 Å². The van der Waals surface area contributed by atoms with Gasteiger partial charge in [0.25, 0.3) is 11.8 Å². The zero-order valence-electron chi connectivity index (χ0n) is 17.6. The number of nitrogens with two attached hydrogens (primary N) is 1. The van der Waals surface area contributed by atoms with Gasteiger partial charge in [0, 0.05) is 18.2 Å². The van der Waals surface area contributed by atoms with Crippen LogP contribution < -0.4 is 11.1 Å². The molecule has 2 aliphatic rings. The Bertz CT molecular complexity index is 899. The van der Waals surface area contributed by atoms with Crippen LogP contribution in [0.5, 0.6) is 0 Å². The van der Waals surface area contributed by atoms with Crippen LogP contribution >= 0.6 is 23.1 Å². The minimum atomic E-state index is -1.21. The Hall–Kier alpha value is -1.87. The number of nitrogens with one attached hydrogen (secondary N) is 1. The van der Waals surface area contributed by atoms with Crippen LogP contribution in [-0.4, -0.2) is 99.5 Å². The molecule has 154 valence electrons. The number of ether oxygens (including phenoxy) is 1. The average molecular weight is 454 g/mol. The number of carbonyl (C=O) groups is 3. The fourth-order valence-corrected chi connectivity index (χ4v) is 4.75. The molecule has 1 fully saturated rings. The maximum atomic E-state index is 12.6. The van der Waals surface area contributed by atoms with Gasteiger partial charge in [-0.25, -0.2) is 9.78 Å². The number of anilines is 1. The Kier molecular flexibility index (Phi) is 7.87. The largest absolute Gasteiger partial charge is 2.00 e. The van der Waals surface area contributed by atoms with Gasteiger partial charge in [-0.2, -0.15) is 0 Å². The summed E-state index contributed by atoms with van der Waals surface area (Å²) in [5.74, 6) is -2.03. The molecule has 0 spiro atoms. The van der Waals surface area contributed by atoms with E-state index in [2.05, 4.69) is 15.5 Å². The first-order chi connectivity index (χ1) is 13.4. The van der Waals surface area contributed by atoms with Crippen LogP contribution in [0.25, 0.3) is 0 Å². The van der Waals surface area contributed by atoms with E-state index in [1.54, 1.807) is 5.38 Å². The summed E-state index contributed by atoms with van der Waals surface area (Å²) in [7, 11) is 2.73. The fraction of sp³-hybridized carbons (Fsp3) is 0.400. The van der Waals surface area contributed by atoms with E-state index >= 15 is 0 Å². The number of methoxy groups -OCH3 is 1. The molecule has 4 N–H and O–H groups in total. The Morgan fingerprint density at radius 3 is 2.79 bits per heavy atom. The number of nitrogens with zero attached hydrogens (tertiary/aromatic N) is 3. The van der Waals surface area contributed by atoms with Crippen LogP contribution in [0.2, 0.25) is 0 Å². The van der Waals surface area contributed by atoms with Gasteiger partial charge < -0.3 is 28.6 Å². The molecule has 1 aromatic heterocycles. The van der Waals surface area contributed by atoms with Crippen LogP contribution in [0.15, 0.2) is 21.8 Å². The monoisotopic (exact) mass is 453 g/mol. The second-order valence-electron chi connectivity index (χ2n) is 5.74. The summed E-state index contributed by atoms with van der Waals surface area (Å²) in [6.45, 7) is 0.109. The third-order valence-corrected chi connectivity index (χ3v) is 6.03. The van der Waals surface area contributed by atoms with Gasteiger partial charge in [0.1, 0.15) is 29.9 Å². The van der Waals surface area contributed by atoms with Gasteiger partial charge in [0.2, 0.25) is 0 Å². The predicted molar refractivity (Wildman–Crippen MR) is 110 cm³/mol. The molecule has 3 rings (SSSR count). The van der Waals surface area contributed by atoms with Gasteiger partial charge in [0.05, 0.1) is 6.61 Å². The molecule has 0 aliphatic carbocycles. The number of amides is 2. The molecular formula is C15H19MgN5O6S2. The number of oxime groups is 1. The Balaban J connectivity index is 0.00000300. The maximum Gasteiger partial charge on any atom is 2.00 e. The molecule has 14 heteroatoms. The van der Waals surface area contributed by atoms with Crippen molar-refractivity contribution in [3.63, 3.8) is 0 Å². The number of fused-ring (bicyclic) bond motifs is 1. The maximum absolute atomic E-state index is 12.6. The normalized spacial score (nSPS) is 21.1. The summed E-state index contributed by atoms with van der Waals surface area (Å²) >= 11 is 2.47. The van der Waals surface area contributed by atoms with Gasteiger partial charge >= 0.3 is 29.0 Å². The van der Waals surface area contributed by atoms with Gasteiger partial charge in [-0.1, -0.05) is 5.16 Å². The molecule has 2 atom stereocenters. The molecule has 0 saturated carbocycles. The number of carbonyl (C=O) groups excluding carboxylic acids is 2. The van der Waals surface area contributed by atoms with Crippen LogP contribution in [-0.2, 0) is 24.0 Å². The number of thioether (sulfide) groups is 1. The zero-order valence-corrected chi connectivity index (χ0v) is 18.6. The minimum Gasteiger partial charge on any atom is -1.00 e. The molecule has 2 aliphatic heterocycles. The van der Waals surface area contributed by atoms with Crippen molar-refractivity contribution in [2.75, 3.05) is 32.3 Å². The second-order valence-corrected chi connectivity index (χ2v) is 7.74. The van der Waals surface area contributed by atoms with Crippen molar-refractivity contribution in [2.24, 2.45) is 5.16 Å². The van der Waals surface area contributed by atoms with Crippen LogP contribution in [0.1, 0.15) is 8.55 Å². The molecule has 0 aromatic carbocycles. The van der Waals surface area contributed by atoms with Crippen molar-refractivity contribution in [3.05, 3.63) is 22.3 Å². The van der Waals surface area contributed by atoms with E-state index in [-0.39, 0.29) is 54.7 Å². The van der Waals surface area contributed by atoms with Crippen molar-refractivity contribution in [3.8, 4) is 0 Å². The Morgan fingerprint density at radius 1 is 1.52 bits per heavy atom. The van der Waals surface area contributed by atoms with Crippen molar-refractivity contribution >= 4 is 74.8 Å². The molecule has 0 bridgehead atoms. The molecule has 0 unspecified atom stereocenters. The number of aromatic nitrogens is 1. The molecule has 1 aromatic rings. The molecule has 29 heavy (non-hydrogen) atoms. The summed E-state index contributed by atoms with van der Waals surface area (Å²) in [6, 6.07) is -0.894. The summed E-state index contributed by atoms with van der Waals surface area (Å²) in [5, 5.41) is 17.0. The number of hydrogen-bond donors (Lipinski definition) is 3. The van der Waals surface area contributed by atoms with E-state index < -0.39 is 29.2 Å². The smallest absolute Gasteiger partial charge is 1.00 e. The quantitative estimate of drug-likeness (QED) is 0.210. The van der Waals surface area contributed by atoms with Gasteiger partial charge in [-0.05, 0) is 5.57 Å². The number of aliphatic carboxylic acids is 1. The SMILES string of the molecule is COCC1=C(C(=O)O)N2C(=O)[C@@H](NC(=O)/C(=N/OC)c3csc(N)n3)[C@H]2SC1.[H-].[H-].[Mg+2]. The molecular weight excluding hydrogens is 435 g/mol. The minimum absolute atomic E-state index is 0. The molecule has 11 nitrogen and oxygen atoms in total. The fourth-order valence-electron chi connectivity index (χ4n) is 2.87. The summed E-state index contributed by atoms with van der Waals surface area (Å²) < 4.78 is 5.02. The summed E-state index contributed by atoms with van der Waals surface area (Å²) in [4.78, 5) is 46.7. The van der Waals surface area contributed by atoms with Crippen LogP contribution in [0, 0.1) is 0 Å².